The molecule has 186 valence electrons. The van der Waals surface area contributed by atoms with E-state index < -0.39 is 5.54 Å². The minimum absolute atomic E-state index is 0.00590. The van der Waals surface area contributed by atoms with E-state index in [-0.39, 0.29) is 24.3 Å². The van der Waals surface area contributed by atoms with E-state index in [9.17, 15) is 14.4 Å². The fourth-order valence-electron chi connectivity index (χ4n) is 5.10. The van der Waals surface area contributed by atoms with Crippen LogP contribution < -0.4 is 10.2 Å². The number of piperidine rings is 1. The van der Waals surface area contributed by atoms with E-state index in [0.29, 0.717) is 44.7 Å². The Bertz CT molecular complexity index is 1030. The second-order valence-corrected chi connectivity index (χ2v) is 9.49. The van der Waals surface area contributed by atoms with Gasteiger partial charge in [0, 0.05) is 30.9 Å². The van der Waals surface area contributed by atoms with Crippen molar-refractivity contribution in [3.63, 3.8) is 0 Å². The number of nitrogens with zero attached hydrogens (tertiary/aromatic N) is 3. The maximum Gasteiger partial charge on any atom is 0.253 e. The van der Waals surface area contributed by atoms with Gasteiger partial charge < -0.3 is 20.0 Å². The fraction of sp³-hybridized carbons (Fsp3) is 0.464. The molecule has 2 aromatic carbocycles. The second-order valence-electron chi connectivity index (χ2n) is 9.49. The molecule has 2 aliphatic heterocycles. The van der Waals surface area contributed by atoms with Gasteiger partial charge in [0.1, 0.15) is 12.1 Å². The van der Waals surface area contributed by atoms with Crippen molar-refractivity contribution >= 4 is 23.4 Å². The number of unbranched alkanes of at least 4 members (excludes halogenated alkanes) is 1. The Morgan fingerprint density at radius 3 is 2.29 bits per heavy atom. The zero-order valence-electron chi connectivity index (χ0n) is 20.8. The number of anilines is 1. The third-order valence-electron chi connectivity index (χ3n) is 7.26. The Labute approximate surface area is 208 Å². The number of nitrogens with one attached hydrogen (secondary N) is 1. The van der Waals surface area contributed by atoms with Crippen molar-refractivity contribution in [1.82, 2.24) is 15.1 Å². The molecule has 2 fully saturated rings. The van der Waals surface area contributed by atoms with E-state index in [1.807, 2.05) is 59.5 Å². The van der Waals surface area contributed by atoms with Gasteiger partial charge in [0.25, 0.3) is 11.8 Å². The van der Waals surface area contributed by atoms with Gasteiger partial charge >= 0.3 is 0 Å². The number of hydrogen-bond donors (Lipinski definition) is 1. The van der Waals surface area contributed by atoms with Gasteiger partial charge in [-0.25, -0.2) is 0 Å². The highest BCUT2D eigenvalue weighted by Gasteiger charge is 2.54. The van der Waals surface area contributed by atoms with Crippen LogP contribution in [0.3, 0.4) is 0 Å². The Hall–Kier alpha value is -3.35. The molecule has 2 saturated heterocycles. The quantitative estimate of drug-likeness (QED) is 0.593. The summed E-state index contributed by atoms with van der Waals surface area (Å²) in [7, 11) is 0. The first kappa shape index (κ1) is 24.8. The molecule has 7 nitrogen and oxygen atoms in total. The summed E-state index contributed by atoms with van der Waals surface area (Å²) in [5, 5.41) is 2.92. The largest absolute Gasteiger partial charge is 0.355 e. The highest BCUT2D eigenvalue weighted by atomic mass is 16.2. The molecule has 0 radical (unpaired) electrons. The monoisotopic (exact) mass is 476 g/mol. The van der Waals surface area contributed by atoms with E-state index in [1.165, 1.54) is 5.56 Å². The topological polar surface area (TPSA) is 73.0 Å². The minimum Gasteiger partial charge on any atom is -0.355 e. The Balaban J connectivity index is 1.50. The highest BCUT2D eigenvalue weighted by molar-refractivity contribution is 5.97. The van der Waals surface area contributed by atoms with Crippen LogP contribution in [0.5, 0.6) is 0 Å². The lowest BCUT2D eigenvalue weighted by Crippen LogP contribution is -2.57. The number of likely N-dealkylation sites (tertiary alicyclic amines) is 1. The molecule has 0 aromatic heterocycles. The SMILES string of the molecule is CCCCNC(=O)CN1CN(c2ccccc2)C2(CCN(C(=O)c3ccc(CC)cc3)CC2)C1=O. The molecule has 2 aliphatic rings. The van der Waals surface area contributed by atoms with E-state index in [0.717, 1.165) is 24.9 Å². The molecule has 0 atom stereocenters. The summed E-state index contributed by atoms with van der Waals surface area (Å²) in [6, 6.07) is 17.7. The van der Waals surface area contributed by atoms with Crippen molar-refractivity contribution in [2.24, 2.45) is 0 Å². The third kappa shape index (κ3) is 5.19. The normalized spacial score (nSPS) is 17.2. The van der Waals surface area contributed by atoms with Gasteiger partial charge in [-0.15, -0.1) is 0 Å². The summed E-state index contributed by atoms with van der Waals surface area (Å²) in [6.45, 7) is 6.22. The summed E-state index contributed by atoms with van der Waals surface area (Å²) in [5.41, 5.74) is 2.10. The van der Waals surface area contributed by atoms with Gasteiger partial charge in [0.15, 0.2) is 0 Å². The van der Waals surface area contributed by atoms with Crippen molar-refractivity contribution in [2.45, 2.75) is 51.5 Å². The average Bonchev–Trinajstić information content (AvgIpc) is 3.15. The van der Waals surface area contributed by atoms with E-state index >= 15 is 0 Å². The number of aryl methyl sites for hydroxylation is 1. The van der Waals surface area contributed by atoms with Crippen molar-refractivity contribution in [2.75, 3.05) is 37.7 Å². The molecule has 2 aromatic rings. The van der Waals surface area contributed by atoms with Crippen molar-refractivity contribution in [1.29, 1.82) is 0 Å². The predicted octanol–water partition coefficient (Wildman–Crippen LogP) is 3.45. The van der Waals surface area contributed by atoms with Crippen LogP contribution in [-0.4, -0.2) is 65.9 Å². The van der Waals surface area contributed by atoms with Crippen molar-refractivity contribution in [3.8, 4) is 0 Å². The molecule has 0 aliphatic carbocycles. The molecule has 2 heterocycles. The maximum absolute atomic E-state index is 13.7. The molecule has 0 saturated carbocycles. The number of benzene rings is 2. The lowest BCUT2D eigenvalue weighted by Gasteiger charge is -2.43. The lowest BCUT2D eigenvalue weighted by atomic mass is 9.85. The van der Waals surface area contributed by atoms with Crippen LogP contribution >= 0.6 is 0 Å². The number of rotatable bonds is 8. The van der Waals surface area contributed by atoms with Crippen LogP contribution in [-0.2, 0) is 16.0 Å². The Kier molecular flexibility index (Phi) is 7.73. The van der Waals surface area contributed by atoms with Gasteiger partial charge in [-0.1, -0.05) is 50.6 Å². The molecule has 0 bridgehead atoms. The standard InChI is InChI=1S/C28H36N4O3/c1-3-5-17-29-25(33)20-31-21-32(24-9-7-6-8-10-24)28(27(31)35)15-18-30(19-16-28)26(34)23-13-11-22(4-2)12-14-23/h6-14H,3-5,15-21H2,1-2H3,(H,29,33). The van der Waals surface area contributed by atoms with Gasteiger partial charge in [0.2, 0.25) is 5.91 Å². The first-order chi connectivity index (χ1) is 17.0. The molecular formula is C28H36N4O3. The molecule has 1 spiro atoms. The van der Waals surface area contributed by atoms with Gasteiger partial charge in [-0.3, -0.25) is 14.4 Å². The van der Waals surface area contributed by atoms with Crippen LogP contribution in [0.4, 0.5) is 5.69 Å². The summed E-state index contributed by atoms with van der Waals surface area (Å²) in [5.74, 6) is -0.141. The van der Waals surface area contributed by atoms with E-state index in [2.05, 4.69) is 24.1 Å². The number of amides is 3. The predicted molar refractivity (Wildman–Crippen MR) is 137 cm³/mol. The summed E-state index contributed by atoms with van der Waals surface area (Å²) < 4.78 is 0. The molecule has 7 heteroatoms. The zero-order valence-corrected chi connectivity index (χ0v) is 20.8. The lowest BCUT2D eigenvalue weighted by molar-refractivity contribution is -0.137. The Morgan fingerprint density at radius 1 is 0.971 bits per heavy atom. The van der Waals surface area contributed by atoms with Crippen LogP contribution in [0.25, 0.3) is 0 Å². The number of hydrogen-bond acceptors (Lipinski definition) is 4. The molecule has 35 heavy (non-hydrogen) atoms. The number of carbonyl (C=O) groups excluding carboxylic acids is 3. The first-order valence-corrected chi connectivity index (χ1v) is 12.8. The summed E-state index contributed by atoms with van der Waals surface area (Å²) >= 11 is 0. The van der Waals surface area contributed by atoms with E-state index in [1.54, 1.807) is 4.90 Å². The maximum atomic E-state index is 13.7. The first-order valence-electron chi connectivity index (χ1n) is 12.8. The summed E-state index contributed by atoms with van der Waals surface area (Å²) in [4.78, 5) is 45.0. The third-order valence-corrected chi connectivity index (χ3v) is 7.26. The number of carbonyl (C=O) groups is 3. The van der Waals surface area contributed by atoms with Crippen LogP contribution in [0.15, 0.2) is 54.6 Å². The van der Waals surface area contributed by atoms with Crippen LogP contribution in [0, 0.1) is 0 Å². The smallest absolute Gasteiger partial charge is 0.253 e. The van der Waals surface area contributed by atoms with Crippen LogP contribution in [0.2, 0.25) is 0 Å². The summed E-state index contributed by atoms with van der Waals surface area (Å²) in [6.07, 6.45) is 3.93. The molecule has 3 amide bonds. The van der Waals surface area contributed by atoms with Gasteiger partial charge in [0.05, 0.1) is 6.67 Å². The molecule has 1 N–H and O–H groups in total. The molecule has 4 rings (SSSR count). The zero-order chi connectivity index (χ0) is 24.8. The highest BCUT2D eigenvalue weighted by Crippen LogP contribution is 2.39. The van der Waals surface area contributed by atoms with Gasteiger partial charge in [-0.05, 0) is 55.5 Å². The van der Waals surface area contributed by atoms with Crippen molar-refractivity contribution < 1.29 is 14.4 Å². The Morgan fingerprint density at radius 2 is 1.66 bits per heavy atom. The van der Waals surface area contributed by atoms with Gasteiger partial charge in [-0.2, -0.15) is 0 Å². The molecular weight excluding hydrogens is 440 g/mol. The fourth-order valence-corrected chi connectivity index (χ4v) is 5.10. The van der Waals surface area contributed by atoms with Crippen molar-refractivity contribution in [3.05, 3.63) is 65.7 Å². The minimum atomic E-state index is -0.742. The average molecular weight is 477 g/mol. The van der Waals surface area contributed by atoms with Crippen LogP contribution in [0.1, 0.15) is 55.5 Å². The van der Waals surface area contributed by atoms with E-state index in [4.69, 9.17) is 0 Å². The second kappa shape index (κ2) is 10.9. The molecule has 0 unspecified atom stereocenters. The number of para-hydroxylation sites is 1.